The summed E-state index contributed by atoms with van der Waals surface area (Å²) < 4.78 is 26.9. The van der Waals surface area contributed by atoms with E-state index in [-0.39, 0.29) is 23.3 Å². The van der Waals surface area contributed by atoms with Crippen molar-refractivity contribution in [3.8, 4) is 0 Å². The zero-order valence-corrected chi connectivity index (χ0v) is 13.2. The van der Waals surface area contributed by atoms with E-state index in [1.165, 1.54) is 6.07 Å². The minimum absolute atomic E-state index is 0.138. The van der Waals surface area contributed by atoms with Gasteiger partial charge >= 0.3 is 0 Å². The van der Waals surface area contributed by atoms with Crippen LogP contribution in [0.3, 0.4) is 0 Å². The predicted octanol–water partition coefficient (Wildman–Crippen LogP) is 2.40. The summed E-state index contributed by atoms with van der Waals surface area (Å²) in [6.07, 6.45) is 0.545. The molecule has 1 aromatic heterocycles. The fraction of sp³-hybridized carbons (Fsp3) is 0.353. The van der Waals surface area contributed by atoms with Gasteiger partial charge in [-0.05, 0) is 55.2 Å². The van der Waals surface area contributed by atoms with Crippen LogP contribution in [-0.2, 0) is 4.79 Å². The number of hydrogen-bond acceptors (Lipinski definition) is 4. The summed E-state index contributed by atoms with van der Waals surface area (Å²) in [5.74, 6) is -0.976. The highest BCUT2D eigenvalue weighted by Gasteiger charge is 2.45. The molecular formula is C17H18F2N4O. The number of anilines is 1. The van der Waals surface area contributed by atoms with Crippen molar-refractivity contribution in [2.24, 2.45) is 5.92 Å². The Morgan fingerprint density at radius 1 is 1.21 bits per heavy atom. The van der Waals surface area contributed by atoms with E-state index in [4.69, 9.17) is 0 Å². The maximum absolute atomic E-state index is 13.7. The van der Waals surface area contributed by atoms with Gasteiger partial charge in [-0.15, -0.1) is 5.10 Å². The van der Waals surface area contributed by atoms with Crippen LogP contribution in [0.2, 0.25) is 0 Å². The predicted molar refractivity (Wildman–Crippen MR) is 85.5 cm³/mol. The van der Waals surface area contributed by atoms with E-state index >= 15 is 0 Å². The number of halogens is 2. The first-order valence-corrected chi connectivity index (χ1v) is 7.81. The normalized spacial score (nSPS) is 19.0. The number of hydrogen-bond donors (Lipinski definition) is 2. The highest BCUT2D eigenvalue weighted by Crippen LogP contribution is 2.48. The van der Waals surface area contributed by atoms with Gasteiger partial charge < -0.3 is 10.6 Å². The Kier molecular flexibility index (Phi) is 4.69. The molecule has 1 amide bonds. The van der Waals surface area contributed by atoms with Gasteiger partial charge in [0.2, 0.25) is 5.91 Å². The van der Waals surface area contributed by atoms with Crippen LogP contribution >= 0.6 is 0 Å². The molecule has 0 saturated heterocycles. The molecule has 7 heteroatoms. The number of carbonyl (C=O) groups is 1. The topological polar surface area (TPSA) is 66.9 Å². The fourth-order valence-electron chi connectivity index (χ4n) is 2.63. The molecule has 3 rings (SSSR count). The van der Waals surface area contributed by atoms with Crippen LogP contribution in [0.1, 0.15) is 23.6 Å². The second-order valence-corrected chi connectivity index (χ2v) is 5.89. The van der Waals surface area contributed by atoms with E-state index < -0.39 is 11.6 Å². The number of amides is 1. The summed E-state index contributed by atoms with van der Waals surface area (Å²) in [6, 6.07) is 7.01. The maximum atomic E-state index is 13.7. The molecule has 2 atom stereocenters. The van der Waals surface area contributed by atoms with E-state index in [2.05, 4.69) is 20.8 Å². The Balaban J connectivity index is 1.43. The molecule has 0 aliphatic heterocycles. The van der Waals surface area contributed by atoms with Crippen molar-refractivity contribution < 1.29 is 13.6 Å². The third-order valence-corrected chi connectivity index (χ3v) is 4.01. The van der Waals surface area contributed by atoms with Crippen LogP contribution in [-0.4, -0.2) is 29.2 Å². The van der Waals surface area contributed by atoms with Crippen LogP contribution in [0.5, 0.6) is 0 Å². The summed E-state index contributed by atoms with van der Waals surface area (Å²) in [7, 11) is 0. The first kappa shape index (κ1) is 16.3. The summed E-state index contributed by atoms with van der Waals surface area (Å²) >= 11 is 0. The second kappa shape index (κ2) is 6.90. The van der Waals surface area contributed by atoms with E-state index in [1.54, 1.807) is 0 Å². The highest BCUT2D eigenvalue weighted by atomic mass is 19.1. The van der Waals surface area contributed by atoms with E-state index in [1.807, 2.05) is 19.1 Å². The SMILES string of the molecule is Cc1ccc(NCCNC(=O)[C@H]2C[C@@H]2c2cc(F)ccc2F)nn1. The van der Waals surface area contributed by atoms with Gasteiger partial charge in [0.1, 0.15) is 17.5 Å². The Labute approximate surface area is 138 Å². The molecule has 0 unspecified atom stereocenters. The molecule has 1 saturated carbocycles. The van der Waals surface area contributed by atoms with Crippen LogP contribution in [0, 0.1) is 24.5 Å². The smallest absolute Gasteiger partial charge is 0.223 e. The van der Waals surface area contributed by atoms with Gasteiger partial charge in [-0.3, -0.25) is 4.79 Å². The van der Waals surface area contributed by atoms with Crippen LogP contribution in [0.15, 0.2) is 30.3 Å². The number of nitrogens with one attached hydrogen (secondary N) is 2. The van der Waals surface area contributed by atoms with Crippen molar-refractivity contribution >= 4 is 11.7 Å². The summed E-state index contributed by atoms with van der Waals surface area (Å²) in [5, 5.41) is 13.7. The summed E-state index contributed by atoms with van der Waals surface area (Å²) in [5.41, 5.74) is 1.11. The molecule has 126 valence electrons. The minimum atomic E-state index is -0.485. The third-order valence-electron chi connectivity index (χ3n) is 4.01. The van der Waals surface area contributed by atoms with Crippen molar-refractivity contribution in [1.29, 1.82) is 0 Å². The lowest BCUT2D eigenvalue weighted by molar-refractivity contribution is -0.122. The van der Waals surface area contributed by atoms with Crippen LogP contribution in [0.25, 0.3) is 0 Å². The Morgan fingerprint density at radius 3 is 2.79 bits per heavy atom. The molecule has 1 fully saturated rings. The molecule has 1 aliphatic carbocycles. The standard InChI is InChI=1S/C17H18F2N4O/c1-10-2-5-16(23-22-10)20-6-7-21-17(24)14-9-12(14)13-8-11(18)3-4-15(13)19/h2-5,8,12,14H,6-7,9H2,1H3,(H,20,23)(H,21,24)/t12-,14+/m1/s1. The number of benzene rings is 1. The van der Waals surface area contributed by atoms with Crippen molar-refractivity contribution in [3.05, 3.63) is 53.2 Å². The molecule has 1 heterocycles. The van der Waals surface area contributed by atoms with Crippen molar-refractivity contribution in [2.45, 2.75) is 19.3 Å². The quantitative estimate of drug-likeness (QED) is 0.797. The fourth-order valence-corrected chi connectivity index (χ4v) is 2.63. The monoisotopic (exact) mass is 332 g/mol. The molecular weight excluding hydrogens is 314 g/mol. The molecule has 2 N–H and O–H groups in total. The molecule has 1 aliphatic rings. The van der Waals surface area contributed by atoms with Gasteiger partial charge in [0.25, 0.3) is 0 Å². The summed E-state index contributed by atoms with van der Waals surface area (Å²) in [6.45, 7) is 2.78. The molecule has 2 aromatic rings. The molecule has 0 bridgehead atoms. The lowest BCUT2D eigenvalue weighted by Gasteiger charge is -2.07. The molecule has 1 aromatic carbocycles. The van der Waals surface area contributed by atoms with Gasteiger partial charge in [-0.1, -0.05) is 0 Å². The average Bonchev–Trinajstić information content (AvgIpc) is 3.36. The minimum Gasteiger partial charge on any atom is -0.367 e. The first-order valence-electron chi connectivity index (χ1n) is 7.81. The maximum Gasteiger partial charge on any atom is 0.223 e. The second-order valence-electron chi connectivity index (χ2n) is 5.89. The van der Waals surface area contributed by atoms with Gasteiger partial charge in [-0.25, -0.2) is 8.78 Å². The van der Waals surface area contributed by atoms with Crippen molar-refractivity contribution in [1.82, 2.24) is 15.5 Å². The zero-order valence-electron chi connectivity index (χ0n) is 13.2. The van der Waals surface area contributed by atoms with E-state index in [9.17, 15) is 13.6 Å². The highest BCUT2D eigenvalue weighted by molar-refractivity contribution is 5.82. The van der Waals surface area contributed by atoms with Gasteiger partial charge in [0, 0.05) is 19.0 Å². The lowest BCUT2D eigenvalue weighted by Crippen LogP contribution is -2.30. The number of aryl methyl sites for hydroxylation is 1. The average molecular weight is 332 g/mol. The zero-order chi connectivity index (χ0) is 17.1. The molecule has 5 nitrogen and oxygen atoms in total. The Morgan fingerprint density at radius 2 is 2.04 bits per heavy atom. The summed E-state index contributed by atoms with van der Waals surface area (Å²) in [4.78, 5) is 12.1. The number of carbonyl (C=O) groups excluding carboxylic acids is 1. The van der Waals surface area contributed by atoms with Gasteiger partial charge in [0.05, 0.1) is 5.69 Å². The van der Waals surface area contributed by atoms with E-state index in [0.717, 1.165) is 17.8 Å². The van der Waals surface area contributed by atoms with E-state index in [0.29, 0.717) is 25.3 Å². The lowest BCUT2D eigenvalue weighted by atomic mass is 10.1. The van der Waals surface area contributed by atoms with Gasteiger partial charge in [-0.2, -0.15) is 5.10 Å². The third kappa shape index (κ3) is 3.84. The Hall–Kier alpha value is -2.57. The number of nitrogens with zero attached hydrogens (tertiary/aromatic N) is 2. The molecule has 24 heavy (non-hydrogen) atoms. The Bertz CT molecular complexity index is 736. The largest absolute Gasteiger partial charge is 0.367 e. The number of rotatable bonds is 6. The van der Waals surface area contributed by atoms with Crippen molar-refractivity contribution in [2.75, 3.05) is 18.4 Å². The van der Waals surface area contributed by atoms with Gasteiger partial charge in [0.15, 0.2) is 0 Å². The van der Waals surface area contributed by atoms with Crippen molar-refractivity contribution in [3.63, 3.8) is 0 Å². The number of aromatic nitrogens is 2. The molecule has 0 radical (unpaired) electrons. The first-order chi connectivity index (χ1) is 11.5. The molecule has 0 spiro atoms. The van der Waals surface area contributed by atoms with Crippen LogP contribution in [0.4, 0.5) is 14.6 Å². The van der Waals surface area contributed by atoms with Crippen LogP contribution < -0.4 is 10.6 Å².